The molecule has 0 unspecified atom stereocenters. The molecule has 1 saturated heterocycles. The maximum atomic E-state index is 13.6. The number of anilines is 4. The van der Waals surface area contributed by atoms with Gasteiger partial charge in [0.15, 0.2) is 5.76 Å². The monoisotopic (exact) mass is 1000 g/mol. The van der Waals surface area contributed by atoms with Crippen molar-refractivity contribution in [2.45, 2.75) is 52.1 Å². The SMILES string of the molecule is COc1nc(C(=O)Nc2cccc(-c3cccc(NC(=O)c4ccc(CN5CCCCC5)c(OC)n4)c3Cl)c2C)ccc1CNCCNC(=O)CCCNc1nc(N)n2nc(-c3ccco3)nc2n1.O=CO. The lowest BCUT2D eigenvalue weighted by atomic mass is 9.98. The van der Waals surface area contributed by atoms with Crippen LogP contribution in [0, 0.1) is 6.92 Å². The van der Waals surface area contributed by atoms with Crippen molar-refractivity contribution in [3.8, 4) is 34.5 Å². The molecule has 3 amide bonds. The van der Waals surface area contributed by atoms with Crippen LogP contribution >= 0.6 is 11.6 Å². The second kappa shape index (κ2) is 25.1. The Labute approximate surface area is 419 Å². The number of methoxy groups -OCH3 is 2. The molecule has 2 aromatic carbocycles. The highest BCUT2D eigenvalue weighted by Crippen LogP contribution is 2.38. The Morgan fingerprint density at radius 3 is 2.17 bits per heavy atom. The first-order chi connectivity index (χ1) is 35.0. The van der Waals surface area contributed by atoms with E-state index in [0.29, 0.717) is 78.6 Å². The van der Waals surface area contributed by atoms with Crippen LogP contribution in [0.5, 0.6) is 11.8 Å². The number of carbonyl (C=O) groups excluding carboxylic acids is 3. The predicted octanol–water partition coefficient (Wildman–Crippen LogP) is 6.09. The number of nitrogens with one attached hydrogen (secondary N) is 5. The number of hydrogen-bond donors (Lipinski definition) is 7. The van der Waals surface area contributed by atoms with E-state index in [2.05, 4.69) is 61.5 Å². The first-order valence-corrected chi connectivity index (χ1v) is 23.4. The van der Waals surface area contributed by atoms with Gasteiger partial charge in [0.1, 0.15) is 11.4 Å². The standard InChI is InChI=1S/C48H53ClN14O6.CH2O2/c1-29-32(33-12-8-14-35(40(33)49)55-43(66)37-20-18-31(45(57-37)68-3)28-62-24-5-4-6-25-62)11-7-13-34(29)54-42(65)36-19-17-30(44(56-36)67-2)27-51-22-23-52-39(64)16-9-21-53-47-59-46(50)63-48(60-47)58-41(61-63)38-15-10-26-69-38;2-1-3/h7-8,10-15,17-20,26,51H,4-6,9,16,21-25,27-28H2,1-3H3,(H,52,64)(H,54,65)(H,55,66)(H3,50,53,58,59,60,61);1H,(H,2,3). The second-order valence-corrected chi connectivity index (χ2v) is 16.7. The molecule has 6 heterocycles. The van der Waals surface area contributed by atoms with Crippen molar-refractivity contribution in [2.24, 2.45) is 0 Å². The molecule has 0 aliphatic carbocycles. The lowest BCUT2D eigenvalue weighted by Crippen LogP contribution is -2.31. The molecule has 0 radical (unpaired) electrons. The zero-order valence-corrected chi connectivity index (χ0v) is 40.7. The minimum absolute atomic E-state index is 0.106. The van der Waals surface area contributed by atoms with E-state index in [1.807, 2.05) is 31.2 Å². The van der Waals surface area contributed by atoms with E-state index in [1.54, 1.807) is 55.6 Å². The second-order valence-electron chi connectivity index (χ2n) is 16.3. The zero-order chi connectivity index (χ0) is 51.0. The number of benzene rings is 2. The largest absolute Gasteiger partial charge is 0.483 e. The molecule has 376 valence electrons. The summed E-state index contributed by atoms with van der Waals surface area (Å²) in [5.74, 6) is 1.21. The van der Waals surface area contributed by atoms with Crippen LogP contribution in [0.2, 0.25) is 5.02 Å². The average Bonchev–Trinajstić information content (AvgIpc) is 4.09. The number of hydrogen-bond acceptors (Lipinski definition) is 17. The van der Waals surface area contributed by atoms with E-state index in [1.165, 1.54) is 37.2 Å². The normalized spacial score (nSPS) is 12.3. The van der Waals surface area contributed by atoms with Gasteiger partial charge < -0.3 is 51.3 Å². The molecule has 8 N–H and O–H groups in total. The van der Waals surface area contributed by atoms with Crippen LogP contribution in [-0.2, 0) is 22.7 Å². The third-order valence-electron chi connectivity index (χ3n) is 11.5. The molecule has 1 aliphatic rings. The van der Waals surface area contributed by atoms with Gasteiger partial charge in [-0.05, 0) is 98.9 Å². The van der Waals surface area contributed by atoms with Crippen molar-refractivity contribution in [3.05, 3.63) is 112 Å². The maximum absolute atomic E-state index is 13.6. The van der Waals surface area contributed by atoms with Crippen LogP contribution < -0.4 is 41.8 Å². The fourth-order valence-electron chi connectivity index (χ4n) is 7.88. The third-order valence-corrected chi connectivity index (χ3v) is 11.9. The molecule has 7 aromatic rings. The summed E-state index contributed by atoms with van der Waals surface area (Å²) >= 11 is 6.96. The zero-order valence-electron chi connectivity index (χ0n) is 39.9. The van der Waals surface area contributed by atoms with Gasteiger partial charge in [0.25, 0.3) is 24.1 Å². The number of carboxylic acid groups (broad SMARTS) is 1. The minimum atomic E-state index is -0.435. The van der Waals surface area contributed by atoms with Crippen LogP contribution in [0.25, 0.3) is 28.5 Å². The number of nitrogens with two attached hydrogens (primary N) is 1. The quantitative estimate of drug-likeness (QED) is 0.0336. The van der Waals surface area contributed by atoms with Gasteiger partial charge in [-0.25, -0.2) is 9.97 Å². The van der Waals surface area contributed by atoms with E-state index in [4.69, 9.17) is 41.1 Å². The number of halogens is 1. The third kappa shape index (κ3) is 13.1. The summed E-state index contributed by atoms with van der Waals surface area (Å²) < 4.78 is 17.8. The van der Waals surface area contributed by atoms with Gasteiger partial charge in [-0.15, -0.1) is 5.10 Å². The summed E-state index contributed by atoms with van der Waals surface area (Å²) in [6.45, 7) is 6.10. The fourth-order valence-corrected chi connectivity index (χ4v) is 8.15. The number of nitrogen functional groups attached to an aromatic ring is 1. The summed E-state index contributed by atoms with van der Waals surface area (Å²) in [6, 6.07) is 21.3. The Kier molecular flexibility index (Phi) is 18.0. The minimum Gasteiger partial charge on any atom is -0.483 e. The van der Waals surface area contributed by atoms with Crippen LogP contribution in [0.4, 0.5) is 23.3 Å². The Morgan fingerprint density at radius 2 is 1.47 bits per heavy atom. The molecule has 0 spiro atoms. The molecule has 0 bridgehead atoms. The Morgan fingerprint density at radius 1 is 0.806 bits per heavy atom. The van der Waals surface area contributed by atoms with Gasteiger partial charge in [0, 0.05) is 61.5 Å². The fraction of sp³-hybridized carbons (Fsp3) is 0.306. The smallest absolute Gasteiger partial charge is 0.290 e. The molecule has 1 aliphatic heterocycles. The van der Waals surface area contributed by atoms with Crippen LogP contribution in [0.15, 0.2) is 83.5 Å². The lowest BCUT2D eigenvalue weighted by molar-refractivity contribution is -0.123. The lowest BCUT2D eigenvalue weighted by Gasteiger charge is -2.26. The molecule has 1 fully saturated rings. The van der Waals surface area contributed by atoms with Crippen LogP contribution in [0.1, 0.15) is 69.8 Å². The van der Waals surface area contributed by atoms with Crippen molar-refractivity contribution >= 4 is 64.8 Å². The van der Waals surface area contributed by atoms with Crippen molar-refractivity contribution in [1.82, 2.24) is 50.1 Å². The van der Waals surface area contributed by atoms with Gasteiger partial charge in [0.05, 0.1) is 31.2 Å². The van der Waals surface area contributed by atoms with Crippen molar-refractivity contribution in [1.29, 1.82) is 0 Å². The Balaban J connectivity index is 0.00000247. The van der Waals surface area contributed by atoms with Gasteiger partial charge in [-0.2, -0.15) is 19.5 Å². The topological polar surface area (TPSA) is 291 Å². The average molecular weight is 1000 g/mol. The van der Waals surface area contributed by atoms with E-state index in [0.717, 1.165) is 35.3 Å². The molecule has 0 saturated carbocycles. The van der Waals surface area contributed by atoms with Crippen molar-refractivity contribution in [2.75, 3.05) is 68.6 Å². The number of likely N-dealkylation sites (tertiary alicyclic amines) is 1. The predicted molar refractivity (Wildman–Crippen MR) is 270 cm³/mol. The number of furan rings is 1. The van der Waals surface area contributed by atoms with E-state index in [-0.39, 0.29) is 53.7 Å². The number of nitrogens with zero attached hydrogens (tertiary/aromatic N) is 8. The maximum Gasteiger partial charge on any atom is 0.290 e. The number of ether oxygens (including phenoxy) is 2. The number of amides is 3. The molecule has 5 aromatic heterocycles. The van der Waals surface area contributed by atoms with Crippen LogP contribution in [-0.4, -0.2) is 116 Å². The van der Waals surface area contributed by atoms with E-state index < -0.39 is 11.8 Å². The molecule has 22 nitrogen and oxygen atoms in total. The van der Waals surface area contributed by atoms with Crippen molar-refractivity contribution in [3.63, 3.8) is 0 Å². The van der Waals surface area contributed by atoms with Gasteiger partial charge in [0.2, 0.25) is 35.4 Å². The molecular formula is C49H55ClN14O8. The summed E-state index contributed by atoms with van der Waals surface area (Å²) in [4.78, 5) is 72.2. The van der Waals surface area contributed by atoms with Crippen LogP contribution in [0.3, 0.4) is 0 Å². The highest BCUT2D eigenvalue weighted by Gasteiger charge is 2.21. The molecule has 0 atom stereocenters. The number of fused-ring (bicyclic) bond motifs is 1. The van der Waals surface area contributed by atoms with E-state index >= 15 is 0 Å². The first-order valence-electron chi connectivity index (χ1n) is 23.0. The molecular weight excluding hydrogens is 948 g/mol. The summed E-state index contributed by atoms with van der Waals surface area (Å²) in [5.41, 5.74) is 11.2. The highest BCUT2D eigenvalue weighted by molar-refractivity contribution is 6.36. The van der Waals surface area contributed by atoms with Gasteiger partial charge in [-0.3, -0.25) is 24.1 Å². The molecule has 8 rings (SSSR count). The van der Waals surface area contributed by atoms with Gasteiger partial charge >= 0.3 is 0 Å². The number of pyridine rings is 2. The number of piperidine rings is 1. The summed E-state index contributed by atoms with van der Waals surface area (Å²) in [6.07, 6.45) is 5.92. The summed E-state index contributed by atoms with van der Waals surface area (Å²) in [5, 5.41) is 26.6. The first kappa shape index (κ1) is 51.6. The van der Waals surface area contributed by atoms with E-state index in [9.17, 15) is 14.4 Å². The number of rotatable bonds is 20. The highest BCUT2D eigenvalue weighted by atomic mass is 35.5. The van der Waals surface area contributed by atoms with Crippen molar-refractivity contribution < 1.29 is 38.2 Å². The van der Waals surface area contributed by atoms with Gasteiger partial charge in [-0.1, -0.05) is 42.3 Å². The molecule has 72 heavy (non-hydrogen) atoms. The summed E-state index contributed by atoms with van der Waals surface area (Å²) in [7, 11) is 3.05. The Hall–Kier alpha value is -8.21. The number of carbonyl (C=O) groups is 4. The number of aromatic nitrogens is 7. The molecule has 23 heteroatoms. The Bertz CT molecular complexity index is 3000.